The third kappa shape index (κ3) is 2.49. The average Bonchev–Trinajstić information content (AvgIpc) is 2.94. The molecule has 0 aliphatic carbocycles. The number of nitrogens with one attached hydrogen (secondary N) is 1. The second-order valence-electron chi connectivity index (χ2n) is 4.60. The predicted octanol–water partition coefficient (Wildman–Crippen LogP) is 2.32. The number of hydrogen-bond donors (Lipinski definition) is 1. The largest absolute Gasteiger partial charge is 0.465 e. The van der Waals surface area contributed by atoms with Crippen LogP contribution in [0.25, 0.3) is 0 Å². The van der Waals surface area contributed by atoms with Gasteiger partial charge in [-0.3, -0.25) is 0 Å². The standard InChI is InChI=1S/C13H13F4NO2/c1-20-13(19)8-11(16)9(14)7(10(15)12(8)17)5-6-3-2-4-18-6/h6,18H,2-5H2,1H3. The molecule has 0 radical (unpaired) electrons. The zero-order valence-electron chi connectivity index (χ0n) is 10.7. The minimum absolute atomic E-state index is 0.174. The van der Waals surface area contributed by atoms with Crippen LogP contribution >= 0.6 is 0 Å². The minimum Gasteiger partial charge on any atom is -0.465 e. The van der Waals surface area contributed by atoms with Crippen molar-refractivity contribution in [2.24, 2.45) is 0 Å². The molecular weight excluding hydrogens is 278 g/mol. The Morgan fingerprint density at radius 1 is 1.20 bits per heavy atom. The molecule has 0 aromatic heterocycles. The van der Waals surface area contributed by atoms with Crippen molar-refractivity contribution in [1.29, 1.82) is 0 Å². The van der Waals surface area contributed by atoms with Crippen molar-refractivity contribution in [3.05, 3.63) is 34.4 Å². The van der Waals surface area contributed by atoms with Gasteiger partial charge < -0.3 is 10.1 Å². The molecule has 0 amide bonds. The van der Waals surface area contributed by atoms with Crippen molar-refractivity contribution in [2.75, 3.05) is 13.7 Å². The third-order valence-electron chi connectivity index (χ3n) is 3.36. The van der Waals surface area contributed by atoms with Crippen LogP contribution in [0, 0.1) is 23.3 Å². The lowest BCUT2D eigenvalue weighted by atomic mass is 10.0. The molecule has 1 aliphatic heterocycles. The maximum Gasteiger partial charge on any atom is 0.344 e. The van der Waals surface area contributed by atoms with Crippen LogP contribution in [0.5, 0.6) is 0 Å². The van der Waals surface area contributed by atoms with Gasteiger partial charge in [-0.1, -0.05) is 0 Å². The minimum atomic E-state index is -1.72. The van der Waals surface area contributed by atoms with Crippen molar-refractivity contribution in [3.8, 4) is 0 Å². The van der Waals surface area contributed by atoms with Crippen LogP contribution in [0.15, 0.2) is 0 Å². The molecule has 3 nitrogen and oxygen atoms in total. The average molecular weight is 291 g/mol. The van der Waals surface area contributed by atoms with Gasteiger partial charge in [0.1, 0.15) is 5.56 Å². The van der Waals surface area contributed by atoms with E-state index in [1.165, 1.54) is 0 Å². The summed E-state index contributed by atoms with van der Waals surface area (Å²) in [5, 5.41) is 2.98. The number of rotatable bonds is 3. The van der Waals surface area contributed by atoms with E-state index in [-0.39, 0.29) is 12.5 Å². The molecule has 1 heterocycles. The van der Waals surface area contributed by atoms with E-state index in [0.717, 1.165) is 13.5 Å². The lowest BCUT2D eigenvalue weighted by Gasteiger charge is -2.14. The predicted molar refractivity (Wildman–Crippen MR) is 62.3 cm³/mol. The Morgan fingerprint density at radius 2 is 1.80 bits per heavy atom. The highest BCUT2D eigenvalue weighted by molar-refractivity contribution is 5.90. The van der Waals surface area contributed by atoms with Crippen molar-refractivity contribution >= 4 is 5.97 Å². The lowest BCUT2D eigenvalue weighted by Crippen LogP contribution is -2.26. The second kappa shape index (κ2) is 5.78. The van der Waals surface area contributed by atoms with Gasteiger partial charge in [0.2, 0.25) is 0 Å². The quantitative estimate of drug-likeness (QED) is 0.528. The summed E-state index contributed by atoms with van der Waals surface area (Å²) in [6.07, 6.45) is 1.33. The molecule has 0 spiro atoms. The molecule has 1 unspecified atom stereocenters. The fourth-order valence-corrected chi connectivity index (χ4v) is 2.31. The van der Waals surface area contributed by atoms with Gasteiger partial charge in [-0.2, -0.15) is 0 Å². The van der Waals surface area contributed by atoms with Gasteiger partial charge in [0.25, 0.3) is 0 Å². The highest BCUT2D eigenvalue weighted by Gasteiger charge is 2.31. The van der Waals surface area contributed by atoms with Crippen LogP contribution in [0.2, 0.25) is 0 Å². The van der Waals surface area contributed by atoms with E-state index in [1.807, 2.05) is 0 Å². The van der Waals surface area contributed by atoms with Crippen LogP contribution in [0.3, 0.4) is 0 Å². The normalized spacial score (nSPS) is 18.4. The van der Waals surface area contributed by atoms with E-state index in [9.17, 15) is 22.4 Å². The molecule has 1 aliphatic rings. The van der Waals surface area contributed by atoms with E-state index < -0.39 is 40.4 Å². The fraction of sp³-hybridized carbons (Fsp3) is 0.462. The molecule has 1 aromatic carbocycles. The van der Waals surface area contributed by atoms with E-state index in [2.05, 4.69) is 10.1 Å². The van der Waals surface area contributed by atoms with E-state index in [1.54, 1.807) is 0 Å². The molecule has 0 bridgehead atoms. The molecule has 1 fully saturated rings. The molecule has 110 valence electrons. The molecule has 2 rings (SSSR count). The van der Waals surface area contributed by atoms with Gasteiger partial charge in [0.05, 0.1) is 7.11 Å². The topological polar surface area (TPSA) is 38.3 Å². The molecule has 0 saturated carbocycles. The first-order chi connectivity index (χ1) is 9.47. The van der Waals surface area contributed by atoms with E-state index in [0.29, 0.717) is 13.0 Å². The number of halogens is 4. The Bertz CT molecular complexity index is 513. The molecule has 1 saturated heterocycles. The van der Waals surface area contributed by atoms with Crippen LogP contribution in [0.4, 0.5) is 17.6 Å². The van der Waals surface area contributed by atoms with Gasteiger partial charge in [-0.15, -0.1) is 0 Å². The van der Waals surface area contributed by atoms with Crippen LogP contribution < -0.4 is 5.32 Å². The maximum absolute atomic E-state index is 13.8. The molecule has 7 heteroatoms. The van der Waals surface area contributed by atoms with E-state index >= 15 is 0 Å². The summed E-state index contributed by atoms with van der Waals surface area (Å²) in [5.41, 5.74) is -2.03. The maximum atomic E-state index is 13.8. The number of esters is 1. The summed E-state index contributed by atoms with van der Waals surface area (Å²) in [5.74, 6) is -7.98. The first-order valence-corrected chi connectivity index (χ1v) is 6.13. The summed E-state index contributed by atoms with van der Waals surface area (Å²) in [6.45, 7) is 0.694. The summed E-state index contributed by atoms with van der Waals surface area (Å²) >= 11 is 0. The lowest BCUT2D eigenvalue weighted by molar-refractivity contribution is 0.0586. The third-order valence-corrected chi connectivity index (χ3v) is 3.36. The highest BCUT2D eigenvalue weighted by Crippen LogP contribution is 2.26. The number of methoxy groups -OCH3 is 1. The van der Waals surface area contributed by atoms with Crippen LogP contribution in [-0.4, -0.2) is 25.7 Å². The number of carbonyl (C=O) groups is 1. The SMILES string of the molecule is COC(=O)c1c(F)c(F)c(CC2CCCN2)c(F)c1F. The molecule has 1 atom stereocenters. The fourth-order valence-electron chi connectivity index (χ4n) is 2.31. The number of hydrogen-bond acceptors (Lipinski definition) is 3. The molecule has 1 aromatic rings. The van der Waals surface area contributed by atoms with Crippen LogP contribution in [-0.2, 0) is 11.2 Å². The smallest absolute Gasteiger partial charge is 0.344 e. The van der Waals surface area contributed by atoms with Crippen molar-refractivity contribution < 1.29 is 27.1 Å². The molecule has 1 N–H and O–H groups in total. The Morgan fingerprint density at radius 3 is 2.25 bits per heavy atom. The number of ether oxygens (including phenoxy) is 1. The zero-order valence-corrected chi connectivity index (χ0v) is 10.7. The summed E-state index contributed by atoms with van der Waals surface area (Å²) in [6, 6.07) is -0.234. The van der Waals surface area contributed by atoms with Crippen LogP contribution in [0.1, 0.15) is 28.8 Å². The summed E-state index contributed by atoms with van der Waals surface area (Å²) < 4.78 is 59.2. The Balaban J connectivity index is 2.46. The van der Waals surface area contributed by atoms with Gasteiger partial charge >= 0.3 is 5.97 Å². The van der Waals surface area contributed by atoms with Gasteiger partial charge in [0.15, 0.2) is 23.3 Å². The van der Waals surface area contributed by atoms with Crippen molar-refractivity contribution in [1.82, 2.24) is 5.32 Å². The Hall–Kier alpha value is -1.63. The zero-order chi connectivity index (χ0) is 14.9. The van der Waals surface area contributed by atoms with Gasteiger partial charge in [-0.05, 0) is 25.8 Å². The second-order valence-corrected chi connectivity index (χ2v) is 4.60. The first kappa shape index (κ1) is 14.8. The van der Waals surface area contributed by atoms with Gasteiger partial charge in [0, 0.05) is 11.6 Å². The Labute approximate surface area is 112 Å². The monoisotopic (exact) mass is 291 g/mol. The summed E-state index contributed by atoms with van der Waals surface area (Å²) in [4.78, 5) is 11.2. The van der Waals surface area contributed by atoms with E-state index in [4.69, 9.17) is 0 Å². The number of benzene rings is 1. The van der Waals surface area contributed by atoms with Crippen molar-refractivity contribution in [2.45, 2.75) is 25.3 Å². The highest BCUT2D eigenvalue weighted by atomic mass is 19.2. The first-order valence-electron chi connectivity index (χ1n) is 6.13. The van der Waals surface area contributed by atoms with Gasteiger partial charge in [-0.25, -0.2) is 22.4 Å². The summed E-state index contributed by atoms with van der Waals surface area (Å²) in [7, 11) is 0.868. The number of carbonyl (C=O) groups excluding carboxylic acids is 1. The Kier molecular flexibility index (Phi) is 4.27. The van der Waals surface area contributed by atoms with Crippen molar-refractivity contribution in [3.63, 3.8) is 0 Å². The molecular formula is C13H13F4NO2. The molecule has 20 heavy (non-hydrogen) atoms.